The van der Waals surface area contributed by atoms with Crippen LogP contribution in [0.1, 0.15) is 32.3 Å². The van der Waals surface area contributed by atoms with Crippen LogP contribution in [0.4, 0.5) is 5.69 Å². The summed E-state index contributed by atoms with van der Waals surface area (Å²) < 4.78 is 28.1. The second kappa shape index (κ2) is 7.85. The Morgan fingerprint density at radius 2 is 2.20 bits per heavy atom. The first kappa shape index (κ1) is 19.2. The van der Waals surface area contributed by atoms with E-state index < -0.39 is 10.0 Å². The third kappa shape index (κ3) is 4.71. The van der Waals surface area contributed by atoms with Crippen molar-refractivity contribution in [1.82, 2.24) is 9.62 Å². The third-order valence-electron chi connectivity index (χ3n) is 4.46. The Bertz CT molecular complexity index is 786. The highest BCUT2D eigenvalue weighted by molar-refractivity contribution is 7.89. The Morgan fingerprint density at radius 3 is 2.80 bits per heavy atom. The molecule has 0 aliphatic carbocycles. The van der Waals surface area contributed by atoms with Gasteiger partial charge in [-0.05, 0) is 37.5 Å². The molecule has 7 nitrogen and oxygen atoms in total. The number of carbonyl (C=O) groups excluding carboxylic acids is 1. The van der Waals surface area contributed by atoms with E-state index in [1.54, 1.807) is 19.1 Å². The van der Waals surface area contributed by atoms with Crippen molar-refractivity contribution in [3.63, 3.8) is 0 Å². The van der Waals surface area contributed by atoms with Crippen LogP contribution in [0, 0.1) is 24.3 Å². The quantitative estimate of drug-likeness (QED) is 0.750. The summed E-state index contributed by atoms with van der Waals surface area (Å²) in [5.74, 6) is -0.280. The molecule has 1 amide bonds. The highest BCUT2D eigenvalue weighted by Crippen LogP contribution is 2.22. The lowest BCUT2D eigenvalue weighted by Gasteiger charge is -2.16. The van der Waals surface area contributed by atoms with Gasteiger partial charge >= 0.3 is 0 Å². The highest BCUT2D eigenvalue weighted by Gasteiger charge is 2.28. The lowest BCUT2D eigenvalue weighted by atomic mass is 10.1. The molecule has 0 bridgehead atoms. The largest absolute Gasteiger partial charge is 0.326 e. The van der Waals surface area contributed by atoms with Crippen LogP contribution in [-0.4, -0.2) is 38.4 Å². The van der Waals surface area contributed by atoms with Crippen LogP contribution in [0.2, 0.25) is 0 Å². The number of nitriles is 1. The van der Waals surface area contributed by atoms with Gasteiger partial charge in [0, 0.05) is 30.7 Å². The molecule has 0 aromatic heterocycles. The molecule has 8 heteroatoms. The van der Waals surface area contributed by atoms with E-state index in [0.29, 0.717) is 37.2 Å². The van der Waals surface area contributed by atoms with Crippen LogP contribution in [0.3, 0.4) is 0 Å². The van der Waals surface area contributed by atoms with Gasteiger partial charge in [0.2, 0.25) is 15.9 Å². The molecular formula is C17H24N4O3S. The number of aryl methyl sites for hydroxylation is 1. The SMILES string of the molecule is CCC(C)C(=O)Nc1ccc(C)c(S(=O)(=O)N[C@@H]2CCN(C#N)C2)c1. The van der Waals surface area contributed by atoms with Crippen molar-refractivity contribution < 1.29 is 13.2 Å². The van der Waals surface area contributed by atoms with E-state index in [-0.39, 0.29) is 22.8 Å². The Labute approximate surface area is 149 Å². The molecule has 1 fully saturated rings. The molecule has 0 radical (unpaired) electrons. The summed E-state index contributed by atoms with van der Waals surface area (Å²) in [5, 5.41) is 11.6. The number of sulfonamides is 1. The first-order valence-corrected chi connectivity index (χ1v) is 9.83. The number of hydrogen-bond acceptors (Lipinski definition) is 5. The maximum Gasteiger partial charge on any atom is 0.241 e. The zero-order chi connectivity index (χ0) is 18.6. The lowest BCUT2D eigenvalue weighted by molar-refractivity contribution is -0.119. The zero-order valence-electron chi connectivity index (χ0n) is 14.7. The van der Waals surface area contributed by atoms with E-state index in [2.05, 4.69) is 10.0 Å². The second-order valence-corrected chi connectivity index (χ2v) is 8.11. The topological polar surface area (TPSA) is 102 Å². The van der Waals surface area contributed by atoms with Gasteiger partial charge in [0.25, 0.3) is 0 Å². The standard InChI is InChI=1S/C17H24N4O3S/c1-4-12(2)17(22)19-14-6-5-13(3)16(9-14)25(23,24)20-15-7-8-21(10-15)11-18/h5-6,9,12,15,20H,4,7-8,10H2,1-3H3,(H,19,22)/t12?,15-/m1/s1. The minimum Gasteiger partial charge on any atom is -0.326 e. The fourth-order valence-corrected chi connectivity index (χ4v) is 4.18. The van der Waals surface area contributed by atoms with Crippen LogP contribution in [0.15, 0.2) is 23.1 Å². The molecule has 1 saturated heterocycles. The van der Waals surface area contributed by atoms with E-state index in [0.717, 1.165) is 0 Å². The maximum absolute atomic E-state index is 12.7. The molecule has 0 saturated carbocycles. The Hall–Kier alpha value is -2.11. The number of carbonyl (C=O) groups is 1. The van der Waals surface area contributed by atoms with Crippen LogP contribution in [0.25, 0.3) is 0 Å². The molecule has 1 aliphatic heterocycles. The molecule has 2 atom stereocenters. The van der Waals surface area contributed by atoms with Gasteiger partial charge in [-0.25, -0.2) is 13.1 Å². The summed E-state index contributed by atoms with van der Waals surface area (Å²) in [6.45, 7) is 6.38. The number of anilines is 1. The number of nitrogens with one attached hydrogen (secondary N) is 2. The van der Waals surface area contributed by atoms with Crippen molar-refractivity contribution in [2.24, 2.45) is 5.92 Å². The van der Waals surface area contributed by atoms with Gasteiger partial charge < -0.3 is 10.2 Å². The smallest absolute Gasteiger partial charge is 0.241 e. The van der Waals surface area contributed by atoms with Gasteiger partial charge in [-0.1, -0.05) is 19.9 Å². The molecule has 25 heavy (non-hydrogen) atoms. The Kier molecular flexibility index (Phi) is 6.03. The van der Waals surface area contributed by atoms with Crippen molar-refractivity contribution in [1.29, 1.82) is 5.26 Å². The van der Waals surface area contributed by atoms with Gasteiger partial charge in [-0.2, -0.15) is 5.26 Å². The van der Waals surface area contributed by atoms with Crippen molar-refractivity contribution in [2.75, 3.05) is 18.4 Å². The molecule has 136 valence electrons. The molecule has 1 aromatic carbocycles. The van der Waals surface area contributed by atoms with Crippen LogP contribution < -0.4 is 10.0 Å². The van der Waals surface area contributed by atoms with Crippen molar-refractivity contribution in [3.8, 4) is 6.19 Å². The molecular weight excluding hydrogens is 340 g/mol. The first-order valence-electron chi connectivity index (χ1n) is 8.35. The van der Waals surface area contributed by atoms with Gasteiger partial charge in [-0.15, -0.1) is 0 Å². The van der Waals surface area contributed by atoms with E-state index >= 15 is 0 Å². The number of likely N-dealkylation sites (tertiary alicyclic amines) is 1. The molecule has 1 aliphatic rings. The summed E-state index contributed by atoms with van der Waals surface area (Å²) in [7, 11) is -3.73. The minimum atomic E-state index is -3.73. The second-order valence-electron chi connectivity index (χ2n) is 6.43. The van der Waals surface area contributed by atoms with Gasteiger partial charge in [0.05, 0.1) is 4.90 Å². The third-order valence-corrected chi connectivity index (χ3v) is 6.12. The van der Waals surface area contributed by atoms with Crippen molar-refractivity contribution in [3.05, 3.63) is 23.8 Å². The monoisotopic (exact) mass is 364 g/mol. The summed E-state index contributed by atoms with van der Waals surface area (Å²) in [6, 6.07) is 4.57. The fourth-order valence-electron chi connectivity index (χ4n) is 2.65. The van der Waals surface area contributed by atoms with Gasteiger partial charge in [0.1, 0.15) is 0 Å². The minimum absolute atomic E-state index is 0.136. The summed E-state index contributed by atoms with van der Waals surface area (Å²) in [6.07, 6.45) is 3.33. The van der Waals surface area contributed by atoms with Gasteiger partial charge in [0.15, 0.2) is 6.19 Å². The summed E-state index contributed by atoms with van der Waals surface area (Å²) >= 11 is 0. The van der Waals surface area contributed by atoms with Crippen LogP contribution in [-0.2, 0) is 14.8 Å². The van der Waals surface area contributed by atoms with E-state index in [9.17, 15) is 13.2 Å². The Morgan fingerprint density at radius 1 is 1.48 bits per heavy atom. The molecule has 1 aromatic rings. The number of benzene rings is 1. The molecule has 2 N–H and O–H groups in total. The number of amides is 1. The lowest BCUT2D eigenvalue weighted by Crippen LogP contribution is -2.36. The highest BCUT2D eigenvalue weighted by atomic mass is 32.2. The van der Waals surface area contributed by atoms with Crippen LogP contribution >= 0.6 is 0 Å². The zero-order valence-corrected chi connectivity index (χ0v) is 15.6. The molecule has 0 spiro atoms. The summed E-state index contributed by atoms with van der Waals surface area (Å²) in [4.78, 5) is 13.7. The number of hydrogen-bond donors (Lipinski definition) is 2. The summed E-state index contributed by atoms with van der Waals surface area (Å²) in [5.41, 5.74) is 1.06. The van der Waals surface area contributed by atoms with E-state index in [4.69, 9.17) is 5.26 Å². The predicted octanol–water partition coefficient (Wildman–Crippen LogP) is 1.81. The number of rotatable bonds is 6. The fraction of sp³-hybridized carbons (Fsp3) is 0.529. The number of nitrogens with zero attached hydrogens (tertiary/aromatic N) is 2. The predicted molar refractivity (Wildman–Crippen MR) is 95.2 cm³/mol. The van der Waals surface area contributed by atoms with E-state index in [1.807, 2.05) is 20.0 Å². The Balaban J connectivity index is 2.18. The van der Waals surface area contributed by atoms with Crippen LogP contribution in [0.5, 0.6) is 0 Å². The average molecular weight is 364 g/mol. The first-order chi connectivity index (χ1) is 11.8. The maximum atomic E-state index is 12.7. The molecule has 1 heterocycles. The van der Waals surface area contributed by atoms with Gasteiger partial charge in [-0.3, -0.25) is 4.79 Å². The van der Waals surface area contributed by atoms with Crippen molar-refractivity contribution >= 4 is 21.6 Å². The molecule has 1 unspecified atom stereocenters. The normalized spacial score (nSPS) is 18.6. The van der Waals surface area contributed by atoms with E-state index in [1.165, 1.54) is 11.0 Å². The average Bonchev–Trinajstić information content (AvgIpc) is 3.02. The molecule has 2 rings (SSSR count). The van der Waals surface area contributed by atoms with Crippen molar-refractivity contribution in [2.45, 2.75) is 44.6 Å².